The minimum Gasteiger partial charge on any atom is -0.595 e. The lowest BCUT2D eigenvalue weighted by atomic mass is 10.1. The maximum Gasteiger partial charge on any atom is 0.411 e. The molecule has 19 heavy (non-hydrogen) atoms. The fourth-order valence-electron chi connectivity index (χ4n) is 1.53. The van der Waals surface area contributed by atoms with Crippen molar-refractivity contribution < 1.29 is 30.4 Å². The Balaban J connectivity index is 3.27. The van der Waals surface area contributed by atoms with E-state index < -0.39 is 16.5 Å². The Morgan fingerprint density at radius 2 is 1.79 bits per heavy atom. The lowest BCUT2D eigenvalue weighted by Crippen LogP contribution is -3.01. The molecule has 0 heterocycles. The van der Waals surface area contributed by atoms with Crippen molar-refractivity contribution in [1.29, 1.82) is 0 Å². The number of ether oxygens (including phenoxy) is 1. The maximum atomic E-state index is 11.3. The molecule has 0 aliphatic heterocycles. The number of amides is 1. The SMILES string of the molecule is CCOC(=O)Nc1c([NH+]([O-])O)cc(C)cc1[NH+]([O-])O. The Bertz CT molecular complexity index is 434. The molecule has 0 aliphatic carbocycles. The van der Waals surface area contributed by atoms with E-state index in [0.717, 1.165) is 0 Å². The molecular weight excluding hydrogens is 258 g/mol. The molecule has 0 aromatic heterocycles. The topological polar surface area (TPSA) is 134 Å². The van der Waals surface area contributed by atoms with Gasteiger partial charge in [0, 0.05) is 12.1 Å². The van der Waals surface area contributed by atoms with Crippen LogP contribution in [0.25, 0.3) is 0 Å². The zero-order valence-electron chi connectivity index (χ0n) is 10.4. The first-order valence-corrected chi connectivity index (χ1v) is 5.41. The molecule has 106 valence electrons. The summed E-state index contributed by atoms with van der Waals surface area (Å²) in [6.45, 7) is 3.22. The fourth-order valence-corrected chi connectivity index (χ4v) is 1.53. The van der Waals surface area contributed by atoms with Crippen LogP contribution in [0.5, 0.6) is 0 Å². The van der Waals surface area contributed by atoms with Crippen LogP contribution in [0.3, 0.4) is 0 Å². The summed E-state index contributed by atoms with van der Waals surface area (Å²) < 4.78 is 4.61. The summed E-state index contributed by atoms with van der Waals surface area (Å²) in [6, 6.07) is 2.55. The molecule has 0 aliphatic rings. The number of aryl methyl sites for hydroxylation is 1. The first-order chi connectivity index (χ1) is 8.86. The van der Waals surface area contributed by atoms with E-state index in [1.54, 1.807) is 13.8 Å². The highest BCUT2D eigenvalue weighted by atomic mass is 16.8. The van der Waals surface area contributed by atoms with Crippen LogP contribution in [-0.2, 0) is 4.74 Å². The number of quaternary nitrogens is 2. The van der Waals surface area contributed by atoms with Gasteiger partial charge >= 0.3 is 6.09 Å². The summed E-state index contributed by atoms with van der Waals surface area (Å²) >= 11 is 0. The molecule has 0 spiro atoms. The average Bonchev–Trinajstić information content (AvgIpc) is 2.30. The van der Waals surface area contributed by atoms with Gasteiger partial charge in [-0.15, -0.1) is 0 Å². The minimum absolute atomic E-state index is 0.0858. The fraction of sp³-hybridized carbons (Fsp3) is 0.300. The molecule has 0 bridgehead atoms. The van der Waals surface area contributed by atoms with Crippen molar-refractivity contribution in [1.82, 2.24) is 0 Å². The quantitative estimate of drug-likeness (QED) is 0.464. The first kappa shape index (κ1) is 15.3. The second kappa shape index (κ2) is 6.43. The summed E-state index contributed by atoms with van der Waals surface area (Å²) in [5.41, 5.74) is -0.427. The molecule has 2 atom stereocenters. The molecule has 1 aromatic carbocycles. The van der Waals surface area contributed by atoms with Crippen LogP contribution in [0.2, 0.25) is 0 Å². The Morgan fingerprint density at radius 1 is 1.32 bits per heavy atom. The number of benzene rings is 1. The number of carbonyl (C=O) groups excluding carboxylic acids is 1. The Hall–Kier alpha value is -1.75. The van der Waals surface area contributed by atoms with Gasteiger partial charge in [0.15, 0.2) is 17.1 Å². The number of nitrogens with one attached hydrogen (secondary N) is 3. The molecule has 1 amide bonds. The molecule has 5 N–H and O–H groups in total. The first-order valence-electron chi connectivity index (χ1n) is 5.41. The number of hydrogen-bond donors (Lipinski definition) is 5. The van der Waals surface area contributed by atoms with Crippen molar-refractivity contribution in [3.8, 4) is 0 Å². The third-order valence-corrected chi connectivity index (χ3v) is 2.25. The third kappa shape index (κ3) is 3.86. The summed E-state index contributed by atoms with van der Waals surface area (Å²) in [7, 11) is 0. The van der Waals surface area contributed by atoms with Gasteiger partial charge in [-0.2, -0.15) is 10.5 Å². The van der Waals surface area contributed by atoms with E-state index in [2.05, 4.69) is 10.1 Å². The molecule has 1 rings (SSSR count). The van der Waals surface area contributed by atoms with Crippen LogP contribution in [0.1, 0.15) is 12.5 Å². The lowest BCUT2D eigenvalue weighted by Gasteiger charge is -2.21. The van der Waals surface area contributed by atoms with Gasteiger partial charge in [-0.05, 0) is 19.4 Å². The summed E-state index contributed by atoms with van der Waals surface area (Å²) in [6.07, 6.45) is -0.906. The van der Waals surface area contributed by atoms with E-state index >= 15 is 0 Å². The maximum absolute atomic E-state index is 11.3. The van der Waals surface area contributed by atoms with Crippen molar-refractivity contribution in [2.75, 3.05) is 11.9 Å². The Labute approximate surface area is 108 Å². The normalized spacial score (nSPS) is 13.8. The second-order valence-electron chi connectivity index (χ2n) is 3.69. The van der Waals surface area contributed by atoms with E-state index in [4.69, 9.17) is 10.4 Å². The molecule has 1 aromatic rings. The van der Waals surface area contributed by atoms with Crippen LogP contribution in [0, 0.1) is 17.3 Å². The average molecular weight is 273 g/mol. The van der Waals surface area contributed by atoms with Gasteiger partial charge in [-0.25, -0.2) is 15.2 Å². The number of rotatable bonds is 4. The van der Waals surface area contributed by atoms with E-state index in [0.29, 0.717) is 5.56 Å². The number of hydrogen-bond acceptors (Lipinski definition) is 6. The molecule has 9 heteroatoms. The summed E-state index contributed by atoms with van der Waals surface area (Å²) in [5.74, 6) is 0. The van der Waals surface area contributed by atoms with Gasteiger partial charge in [0.25, 0.3) is 0 Å². The van der Waals surface area contributed by atoms with Crippen LogP contribution < -0.4 is 15.8 Å². The molecule has 2 unspecified atom stereocenters. The zero-order chi connectivity index (χ0) is 14.6. The number of anilines is 1. The van der Waals surface area contributed by atoms with E-state index in [1.807, 2.05) is 0 Å². The van der Waals surface area contributed by atoms with Gasteiger partial charge < -0.3 is 15.2 Å². The molecule has 0 radical (unpaired) electrons. The van der Waals surface area contributed by atoms with E-state index in [9.17, 15) is 15.2 Å². The highest BCUT2D eigenvalue weighted by molar-refractivity contribution is 5.92. The standard InChI is InChI=1S/C10H15N3O6/c1-3-19-10(14)11-9-7(12(15)16)4-6(2)5-8(9)13(17)18/h4-5,12-13,15,17H,3H2,1-2H3,(H,11,14). The van der Waals surface area contributed by atoms with Gasteiger partial charge in [-0.3, -0.25) is 5.32 Å². The van der Waals surface area contributed by atoms with Crippen molar-refractivity contribution in [2.45, 2.75) is 13.8 Å². The predicted octanol–water partition coefficient (Wildman–Crippen LogP) is -0.630. The van der Waals surface area contributed by atoms with Crippen LogP contribution >= 0.6 is 0 Å². The van der Waals surface area contributed by atoms with Crippen molar-refractivity contribution in [2.24, 2.45) is 0 Å². The molecule has 0 fully saturated rings. The largest absolute Gasteiger partial charge is 0.595 e. The van der Waals surface area contributed by atoms with Crippen molar-refractivity contribution >= 4 is 23.2 Å². The van der Waals surface area contributed by atoms with Crippen LogP contribution in [0.15, 0.2) is 12.1 Å². The van der Waals surface area contributed by atoms with E-state index in [1.165, 1.54) is 12.1 Å². The smallest absolute Gasteiger partial charge is 0.411 e. The Morgan fingerprint density at radius 3 is 2.16 bits per heavy atom. The van der Waals surface area contributed by atoms with Gasteiger partial charge in [0.05, 0.1) is 6.61 Å². The molecule has 9 nitrogen and oxygen atoms in total. The van der Waals surface area contributed by atoms with E-state index in [-0.39, 0.29) is 23.7 Å². The number of carbonyl (C=O) groups is 1. The van der Waals surface area contributed by atoms with Gasteiger partial charge in [0.1, 0.15) is 0 Å². The van der Waals surface area contributed by atoms with Gasteiger partial charge in [0.2, 0.25) is 0 Å². The highest BCUT2D eigenvalue weighted by Gasteiger charge is 2.22. The predicted molar refractivity (Wildman–Crippen MR) is 63.4 cm³/mol. The summed E-state index contributed by atoms with van der Waals surface area (Å²) in [5, 5.41) is 39.8. The third-order valence-electron chi connectivity index (χ3n) is 2.25. The van der Waals surface area contributed by atoms with Crippen molar-refractivity contribution in [3.05, 3.63) is 28.1 Å². The zero-order valence-corrected chi connectivity index (χ0v) is 10.4. The molecule has 0 saturated heterocycles. The second-order valence-corrected chi connectivity index (χ2v) is 3.69. The van der Waals surface area contributed by atoms with Crippen LogP contribution in [0.4, 0.5) is 21.9 Å². The monoisotopic (exact) mass is 273 g/mol. The van der Waals surface area contributed by atoms with Crippen LogP contribution in [-0.4, -0.2) is 23.1 Å². The summed E-state index contributed by atoms with van der Waals surface area (Å²) in [4.78, 5) is 11.3. The Kier molecular flexibility index (Phi) is 5.18. The highest BCUT2D eigenvalue weighted by Crippen LogP contribution is 2.27. The minimum atomic E-state index is -1.34. The van der Waals surface area contributed by atoms with Gasteiger partial charge in [-0.1, -0.05) is 0 Å². The molecule has 0 saturated carbocycles. The van der Waals surface area contributed by atoms with Crippen molar-refractivity contribution in [3.63, 3.8) is 0 Å². The lowest BCUT2D eigenvalue weighted by molar-refractivity contribution is -0.995. The molecular formula is C10H15N3O6.